The topological polar surface area (TPSA) is 96.2 Å². The average molecular weight is 411 g/mol. The van der Waals surface area contributed by atoms with Crippen molar-refractivity contribution in [2.24, 2.45) is 0 Å². The Labute approximate surface area is 172 Å². The number of methoxy groups -OCH3 is 2. The molecule has 8 nitrogen and oxygen atoms in total. The molecule has 1 amide bonds. The third-order valence-corrected chi connectivity index (χ3v) is 4.94. The van der Waals surface area contributed by atoms with Crippen LogP contribution in [0.15, 0.2) is 39.5 Å². The molecule has 0 atom stereocenters. The summed E-state index contributed by atoms with van der Waals surface area (Å²) in [6.45, 7) is 2.71. The highest BCUT2D eigenvalue weighted by Crippen LogP contribution is 2.34. The second-order valence-electron chi connectivity index (χ2n) is 6.78. The van der Waals surface area contributed by atoms with E-state index in [4.69, 9.17) is 23.4 Å². The zero-order chi connectivity index (χ0) is 21.3. The highest BCUT2D eigenvalue weighted by atomic mass is 16.6. The molecule has 0 aliphatic carbocycles. The normalized spacial score (nSPS) is 12.5. The van der Waals surface area contributed by atoms with Crippen LogP contribution in [0, 0.1) is 6.92 Å². The fourth-order valence-corrected chi connectivity index (χ4v) is 3.45. The Morgan fingerprint density at radius 1 is 1.07 bits per heavy atom. The second-order valence-corrected chi connectivity index (χ2v) is 6.78. The second kappa shape index (κ2) is 7.98. The molecule has 0 fully saturated rings. The van der Waals surface area contributed by atoms with Crippen LogP contribution in [0.25, 0.3) is 11.0 Å². The van der Waals surface area contributed by atoms with E-state index in [-0.39, 0.29) is 17.9 Å². The first-order valence-electron chi connectivity index (χ1n) is 9.38. The molecule has 3 aromatic rings. The van der Waals surface area contributed by atoms with Gasteiger partial charge >= 0.3 is 5.63 Å². The van der Waals surface area contributed by atoms with Crippen LogP contribution in [-0.2, 0) is 11.2 Å². The molecule has 0 spiro atoms. The Morgan fingerprint density at radius 2 is 1.83 bits per heavy atom. The third kappa shape index (κ3) is 3.63. The lowest BCUT2D eigenvalue weighted by Gasteiger charge is -2.19. The van der Waals surface area contributed by atoms with Crippen molar-refractivity contribution in [1.29, 1.82) is 0 Å². The van der Waals surface area contributed by atoms with Gasteiger partial charge in [0.25, 0.3) is 0 Å². The van der Waals surface area contributed by atoms with Crippen LogP contribution in [0.3, 0.4) is 0 Å². The van der Waals surface area contributed by atoms with E-state index in [1.165, 1.54) is 14.2 Å². The number of carbonyl (C=O) groups excluding carboxylic acids is 1. The molecule has 4 rings (SSSR count). The lowest BCUT2D eigenvalue weighted by molar-refractivity contribution is -0.115. The summed E-state index contributed by atoms with van der Waals surface area (Å²) in [6, 6.07) is 8.46. The van der Waals surface area contributed by atoms with Gasteiger partial charge in [0.1, 0.15) is 30.3 Å². The number of benzene rings is 2. The predicted molar refractivity (Wildman–Crippen MR) is 110 cm³/mol. The van der Waals surface area contributed by atoms with Crippen molar-refractivity contribution in [3.63, 3.8) is 0 Å². The molecule has 30 heavy (non-hydrogen) atoms. The van der Waals surface area contributed by atoms with Crippen LogP contribution in [0.2, 0.25) is 0 Å². The molecular formula is C22H21NO7. The maximum Gasteiger partial charge on any atom is 0.340 e. The highest BCUT2D eigenvalue weighted by Gasteiger charge is 2.19. The minimum atomic E-state index is -0.576. The fraction of sp³-hybridized carbons (Fsp3) is 0.273. The van der Waals surface area contributed by atoms with E-state index >= 15 is 0 Å². The first-order chi connectivity index (χ1) is 14.5. The number of fused-ring (bicyclic) bond motifs is 2. The van der Waals surface area contributed by atoms with Gasteiger partial charge in [-0.3, -0.25) is 4.79 Å². The number of hydrogen-bond acceptors (Lipinski definition) is 7. The number of rotatable bonds is 5. The Morgan fingerprint density at radius 3 is 2.57 bits per heavy atom. The van der Waals surface area contributed by atoms with E-state index in [0.717, 1.165) is 0 Å². The minimum Gasteiger partial charge on any atom is -0.496 e. The lowest BCUT2D eigenvalue weighted by Crippen LogP contribution is -2.21. The fourth-order valence-electron chi connectivity index (χ4n) is 3.45. The third-order valence-electron chi connectivity index (χ3n) is 4.94. The van der Waals surface area contributed by atoms with E-state index in [1.807, 2.05) is 0 Å². The zero-order valence-corrected chi connectivity index (χ0v) is 16.9. The molecule has 0 bridgehead atoms. The summed E-state index contributed by atoms with van der Waals surface area (Å²) in [4.78, 5) is 25.2. The summed E-state index contributed by atoms with van der Waals surface area (Å²) in [5, 5.41) is 3.41. The maximum absolute atomic E-state index is 12.6. The van der Waals surface area contributed by atoms with Gasteiger partial charge in [0.2, 0.25) is 5.91 Å². The molecule has 1 aromatic heterocycles. The monoisotopic (exact) mass is 411 g/mol. The number of anilines is 1. The van der Waals surface area contributed by atoms with Crippen LogP contribution >= 0.6 is 0 Å². The molecule has 2 heterocycles. The van der Waals surface area contributed by atoms with Crippen molar-refractivity contribution in [2.45, 2.75) is 13.3 Å². The van der Waals surface area contributed by atoms with E-state index in [9.17, 15) is 9.59 Å². The molecule has 0 unspecified atom stereocenters. The Balaban J connectivity index is 1.63. The SMILES string of the molecule is COc1cc(OC)c2c(C)c(CC(=O)Nc3ccc4c(c3)OCCO4)c(=O)oc2c1. The number of ether oxygens (including phenoxy) is 4. The molecule has 156 valence electrons. The summed E-state index contributed by atoms with van der Waals surface area (Å²) in [6.07, 6.45) is -0.145. The predicted octanol–water partition coefficient (Wildman–Crippen LogP) is 3.07. The van der Waals surface area contributed by atoms with Crippen molar-refractivity contribution in [1.82, 2.24) is 0 Å². The number of carbonyl (C=O) groups is 1. The van der Waals surface area contributed by atoms with Gasteiger partial charge in [-0.2, -0.15) is 0 Å². The van der Waals surface area contributed by atoms with Gasteiger partial charge < -0.3 is 28.7 Å². The number of nitrogens with one attached hydrogen (secondary N) is 1. The van der Waals surface area contributed by atoms with Crippen molar-refractivity contribution < 1.29 is 28.2 Å². The Hall–Kier alpha value is -3.68. The van der Waals surface area contributed by atoms with Gasteiger partial charge in [-0.05, 0) is 24.6 Å². The molecule has 8 heteroatoms. The number of aryl methyl sites for hydroxylation is 1. The zero-order valence-electron chi connectivity index (χ0n) is 16.9. The lowest BCUT2D eigenvalue weighted by atomic mass is 10.0. The van der Waals surface area contributed by atoms with Gasteiger partial charge in [0.05, 0.1) is 31.6 Å². The summed E-state index contributed by atoms with van der Waals surface area (Å²) in [5.41, 5.74) is 1.20. The van der Waals surface area contributed by atoms with Gasteiger partial charge in [-0.15, -0.1) is 0 Å². The molecule has 2 aromatic carbocycles. The number of hydrogen-bond donors (Lipinski definition) is 1. The van der Waals surface area contributed by atoms with Crippen LogP contribution in [0.1, 0.15) is 11.1 Å². The van der Waals surface area contributed by atoms with Gasteiger partial charge in [0.15, 0.2) is 11.5 Å². The first kappa shape index (κ1) is 19.6. The Bertz CT molecular complexity index is 1180. The smallest absolute Gasteiger partial charge is 0.340 e. The largest absolute Gasteiger partial charge is 0.496 e. The summed E-state index contributed by atoms with van der Waals surface area (Å²) >= 11 is 0. The standard InChI is InChI=1S/C22H21NO7/c1-12-15(22(25)30-19-10-14(26-2)9-18(27-3)21(12)19)11-20(24)23-13-4-5-16-17(8-13)29-7-6-28-16/h4-5,8-10H,6-7,11H2,1-3H3,(H,23,24). The summed E-state index contributed by atoms with van der Waals surface area (Å²) in [5.74, 6) is 1.85. The minimum absolute atomic E-state index is 0.145. The quantitative estimate of drug-likeness (QED) is 0.645. The molecule has 1 aliphatic heterocycles. The number of amides is 1. The van der Waals surface area contributed by atoms with E-state index in [1.54, 1.807) is 37.3 Å². The highest BCUT2D eigenvalue weighted by molar-refractivity contribution is 5.95. The molecule has 0 saturated heterocycles. The van der Waals surface area contributed by atoms with Crippen LogP contribution < -0.4 is 29.9 Å². The Kier molecular flexibility index (Phi) is 5.22. The van der Waals surface area contributed by atoms with Crippen LogP contribution in [0.5, 0.6) is 23.0 Å². The molecule has 0 radical (unpaired) electrons. The van der Waals surface area contributed by atoms with Crippen molar-refractivity contribution in [3.05, 3.63) is 51.9 Å². The van der Waals surface area contributed by atoms with Crippen molar-refractivity contribution in [2.75, 3.05) is 32.8 Å². The van der Waals surface area contributed by atoms with Crippen LogP contribution in [0.4, 0.5) is 5.69 Å². The molecule has 1 aliphatic rings. The summed E-state index contributed by atoms with van der Waals surface area (Å²) < 4.78 is 27.1. The van der Waals surface area contributed by atoms with E-state index < -0.39 is 5.63 Å². The van der Waals surface area contributed by atoms with Gasteiger partial charge in [-0.25, -0.2) is 4.79 Å². The average Bonchev–Trinajstić information content (AvgIpc) is 2.75. The maximum atomic E-state index is 12.6. The molecule has 0 saturated carbocycles. The molecular weight excluding hydrogens is 390 g/mol. The van der Waals surface area contributed by atoms with E-state index in [0.29, 0.717) is 58.4 Å². The van der Waals surface area contributed by atoms with Crippen LogP contribution in [-0.4, -0.2) is 33.3 Å². The van der Waals surface area contributed by atoms with Gasteiger partial charge in [-0.1, -0.05) is 0 Å². The van der Waals surface area contributed by atoms with Gasteiger partial charge in [0, 0.05) is 23.9 Å². The van der Waals surface area contributed by atoms with E-state index in [2.05, 4.69) is 5.32 Å². The van der Waals surface area contributed by atoms with Crippen molar-refractivity contribution >= 4 is 22.6 Å². The first-order valence-corrected chi connectivity index (χ1v) is 9.38. The van der Waals surface area contributed by atoms with Crippen molar-refractivity contribution in [3.8, 4) is 23.0 Å². The molecule has 1 N–H and O–H groups in total. The summed E-state index contributed by atoms with van der Waals surface area (Å²) in [7, 11) is 3.04.